The molecule has 2 fully saturated rings. The van der Waals surface area contributed by atoms with Gasteiger partial charge in [0.15, 0.2) is 0 Å². The van der Waals surface area contributed by atoms with E-state index in [0.717, 1.165) is 12.8 Å². The third-order valence-electron chi connectivity index (χ3n) is 4.85. The van der Waals surface area contributed by atoms with Crippen molar-refractivity contribution >= 4 is 18.0 Å². The van der Waals surface area contributed by atoms with Crippen molar-refractivity contribution in [1.82, 2.24) is 9.80 Å². The molecule has 2 amide bonds. The van der Waals surface area contributed by atoms with Crippen LogP contribution in [0.4, 0.5) is 4.79 Å². The predicted molar refractivity (Wildman–Crippen MR) is 96.5 cm³/mol. The zero-order valence-electron chi connectivity index (χ0n) is 16.5. The van der Waals surface area contributed by atoms with Crippen LogP contribution in [0.15, 0.2) is 0 Å². The molecular formula is C19H32N2O5. The molecule has 0 aliphatic carbocycles. The fraction of sp³-hybridized carbons (Fsp3) is 0.842. The lowest BCUT2D eigenvalue weighted by atomic mass is 9.92. The number of ether oxygens (including phenoxy) is 2. The Labute approximate surface area is 156 Å². The number of rotatable bonds is 3. The van der Waals surface area contributed by atoms with Crippen molar-refractivity contribution in [2.75, 3.05) is 32.8 Å². The van der Waals surface area contributed by atoms with Crippen LogP contribution in [0, 0.1) is 11.8 Å². The molecule has 2 rings (SSSR count). The van der Waals surface area contributed by atoms with Gasteiger partial charge in [-0.3, -0.25) is 9.59 Å². The third-order valence-corrected chi connectivity index (χ3v) is 4.85. The minimum Gasteiger partial charge on any atom is -0.466 e. The Kier molecular flexibility index (Phi) is 6.89. The first-order valence-corrected chi connectivity index (χ1v) is 9.64. The van der Waals surface area contributed by atoms with Crippen LogP contribution in [0.1, 0.15) is 53.4 Å². The van der Waals surface area contributed by atoms with Crippen molar-refractivity contribution in [2.24, 2.45) is 11.8 Å². The van der Waals surface area contributed by atoms with Gasteiger partial charge in [-0.2, -0.15) is 0 Å². The highest BCUT2D eigenvalue weighted by atomic mass is 16.6. The van der Waals surface area contributed by atoms with Crippen LogP contribution in [0.2, 0.25) is 0 Å². The van der Waals surface area contributed by atoms with Gasteiger partial charge in [-0.05, 0) is 53.4 Å². The van der Waals surface area contributed by atoms with E-state index in [1.807, 2.05) is 20.8 Å². The van der Waals surface area contributed by atoms with Crippen LogP contribution in [-0.4, -0.2) is 66.2 Å². The summed E-state index contributed by atoms with van der Waals surface area (Å²) in [6, 6.07) is 0. The van der Waals surface area contributed by atoms with Crippen molar-refractivity contribution in [3.8, 4) is 0 Å². The lowest BCUT2D eigenvalue weighted by Gasteiger charge is -2.37. The molecule has 2 aliphatic rings. The van der Waals surface area contributed by atoms with Crippen LogP contribution in [0.5, 0.6) is 0 Å². The molecule has 2 saturated heterocycles. The molecule has 7 heteroatoms. The minimum absolute atomic E-state index is 0.0883. The average Bonchev–Trinajstić information content (AvgIpc) is 2.60. The van der Waals surface area contributed by atoms with Gasteiger partial charge >= 0.3 is 12.1 Å². The molecular weight excluding hydrogens is 336 g/mol. The van der Waals surface area contributed by atoms with Gasteiger partial charge in [0.05, 0.1) is 12.5 Å². The Morgan fingerprint density at radius 2 is 1.62 bits per heavy atom. The van der Waals surface area contributed by atoms with E-state index >= 15 is 0 Å². The number of amides is 2. The quantitative estimate of drug-likeness (QED) is 0.715. The van der Waals surface area contributed by atoms with Crippen molar-refractivity contribution in [2.45, 2.75) is 59.0 Å². The maximum Gasteiger partial charge on any atom is 0.410 e. The lowest BCUT2D eigenvalue weighted by molar-refractivity contribution is -0.152. The van der Waals surface area contributed by atoms with E-state index in [1.54, 1.807) is 16.7 Å². The molecule has 2 aliphatic heterocycles. The number of hydrogen-bond acceptors (Lipinski definition) is 5. The predicted octanol–water partition coefficient (Wildman–Crippen LogP) is 2.44. The summed E-state index contributed by atoms with van der Waals surface area (Å²) in [6.07, 6.45) is 2.56. The Morgan fingerprint density at radius 3 is 2.19 bits per heavy atom. The molecule has 0 aromatic heterocycles. The van der Waals surface area contributed by atoms with E-state index in [9.17, 15) is 14.4 Å². The number of esters is 1. The zero-order valence-corrected chi connectivity index (χ0v) is 16.5. The van der Waals surface area contributed by atoms with Gasteiger partial charge in [-0.15, -0.1) is 0 Å². The lowest BCUT2D eigenvalue weighted by Crippen LogP contribution is -2.49. The Morgan fingerprint density at radius 1 is 0.962 bits per heavy atom. The number of carbonyl (C=O) groups excluding carboxylic acids is 3. The molecule has 0 bridgehead atoms. The molecule has 0 aromatic carbocycles. The number of piperidine rings is 2. The molecule has 0 N–H and O–H groups in total. The summed E-state index contributed by atoms with van der Waals surface area (Å²) in [5, 5.41) is 0. The summed E-state index contributed by atoms with van der Waals surface area (Å²) in [6.45, 7) is 9.90. The second-order valence-electron chi connectivity index (χ2n) is 8.12. The van der Waals surface area contributed by atoms with Gasteiger partial charge in [-0.25, -0.2) is 4.79 Å². The zero-order chi connectivity index (χ0) is 19.3. The summed E-state index contributed by atoms with van der Waals surface area (Å²) in [5.41, 5.74) is -0.514. The molecule has 0 spiro atoms. The minimum atomic E-state index is -0.514. The van der Waals surface area contributed by atoms with E-state index < -0.39 is 5.60 Å². The van der Waals surface area contributed by atoms with Gasteiger partial charge in [0.2, 0.25) is 5.91 Å². The third kappa shape index (κ3) is 5.61. The molecule has 26 heavy (non-hydrogen) atoms. The Hall–Kier alpha value is -1.79. The van der Waals surface area contributed by atoms with E-state index in [0.29, 0.717) is 45.6 Å². The van der Waals surface area contributed by atoms with E-state index in [4.69, 9.17) is 9.47 Å². The highest BCUT2D eigenvalue weighted by Crippen LogP contribution is 2.25. The monoisotopic (exact) mass is 368 g/mol. The first-order chi connectivity index (χ1) is 12.2. The molecule has 2 heterocycles. The largest absolute Gasteiger partial charge is 0.466 e. The SMILES string of the molecule is CCOC(=O)[C@H]1CCCN(C(=O)C2CCN(C(=O)OC(C)(C)C)CC2)C1. The van der Waals surface area contributed by atoms with Crippen molar-refractivity contribution < 1.29 is 23.9 Å². The highest BCUT2D eigenvalue weighted by molar-refractivity contribution is 5.81. The maximum atomic E-state index is 12.8. The molecule has 0 saturated carbocycles. The summed E-state index contributed by atoms with van der Waals surface area (Å²) < 4.78 is 10.5. The van der Waals surface area contributed by atoms with Gasteiger partial charge in [-0.1, -0.05) is 0 Å². The van der Waals surface area contributed by atoms with E-state index in [1.165, 1.54) is 0 Å². The molecule has 148 valence electrons. The maximum absolute atomic E-state index is 12.8. The molecule has 0 radical (unpaired) electrons. The van der Waals surface area contributed by atoms with Gasteiger partial charge in [0.25, 0.3) is 0 Å². The van der Waals surface area contributed by atoms with Crippen LogP contribution >= 0.6 is 0 Å². The second kappa shape index (κ2) is 8.73. The fourth-order valence-electron chi connectivity index (χ4n) is 3.52. The molecule has 0 aromatic rings. The highest BCUT2D eigenvalue weighted by Gasteiger charge is 2.35. The number of hydrogen-bond donors (Lipinski definition) is 0. The second-order valence-corrected chi connectivity index (χ2v) is 8.12. The number of nitrogens with zero attached hydrogens (tertiary/aromatic N) is 2. The van der Waals surface area contributed by atoms with Crippen molar-refractivity contribution in [3.05, 3.63) is 0 Å². The topological polar surface area (TPSA) is 76.2 Å². The number of likely N-dealkylation sites (tertiary alicyclic amines) is 2. The van der Waals surface area contributed by atoms with Gasteiger partial charge < -0.3 is 19.3 Å². The number of carbonyl (C=O) groups is 3. The van der Waals surface area contributed by atoms with Crippen LogP contribution in [0.25, 0.3) is 0 Å². The van der Waals surface area contributed by atoms with E-state index in [-0.39, 0.29) is 29.8 Å². The molecule has 0 unspecified atom stereocenters. The summed E-state index contributed by atoms with van der Waals surface area (Å²) in [7, 11) is 0. The Balaban J connectivity index is 1.84. The Bertz CT molecular complexity index is 521. The van der Waals surface area contributed by atoms with Crippen molar-refractivity contribution in [3.63, 3.8) is 0 Å². The van der Waals surface area contributed by atoms with E-state index in [2.05, 4.69) is 0 Å². The van der Waals surface area contributed by atoms with Crippen molar-refractivity contribution in [1.29, 1.82) is 0 Å². The van der Waals surface area contributed by atoms with Crippen LogP contribution in [0.3, 0.4) is 0 Å². The standard InChI is InChI=1S/C19H32N2O5/c1-5-25-17(23)15-7-6-10-21(13-15)16(22)14-8-11-20(12-9-14)18(24)26-19(2,3)4/h14-15H,5-13H2,1-4H3/t15-/m0/s1. The van der Waals surface area contributed by atoms with Crippen LogP contribution < -0.4 is 0 Å². The first kappa shape index (κ1) is 20.5. The van der Waals surface area contributed by atoms with Gasteiger partial charge in [0.1, 0.15) is 5.60 Å². The smallest absolute Gasteiger partial charge is 0.410 e. The molecule has 7 nitrogen and oxygen atoms in total. The van der Waals surface area contributed by atoms with Gasteiger partial charge in [0, 0.05) is 32.1 Å². The first-order valence-electron chi connectivity index (χ1n) is 9.64. The normalized spacial score (nSPS) is 22.1. The average molecular weight is 368 g/mol. The summed E-state index contributed by atoms with van der Waals surface area (Å²) in [4.78, 5) is 40.4. The van der Waals surface area contributed by atoms with Crippen LogP contribution in [-0.2, 0) is 19.1 Å². The molecule has 1 atom stereocenters. The summed E-state index contributed by atoms with van der Waals surface area (Å²) in [5.74, 6) is -0.406. The fourth-order valence-corrected chi connectivity index (χ4v) is 3.52. The summed E-state index contributed by atoms with van der Waals surface area (Å²) >= 11 is 0.